The zero-order chi connectivity index (χ0) is 8.15. The molecule has 2 nitrogen and oxygen atoms in total. The second-order valence-electron chi connectivity index (χ2n) is 2.91. The summed E-state index contributed by atoms with van der Waals surface area (Å²) in [5, 5.41) is 9.41. The molecule has 0 aliphatic heterocycles. The van der Waals surface area contributed by atoms with Gasteiger partial charge < -0.3 is 10.8 Å². The van der Waals surface area contributed by atoms with Crippen LogP contribution in [0.3, 0.4) is 0 Å². The summed E-state index contributed by atoms with van der Waals surface area (Å²) in [6.45, 7) is 6.00. The van der Waals surface area contributed by atoms with Gasteiger partial charge in [-0.05, 0) is 25.7 Å². The van der Waals surface area contributed by atoms with Crippen molar-refractivity contribution in [3.8, 4) is 0 Å². The van der Waals surface area contributed by atoms with E-state index in [0.29, 0.717) is 0 Å². The van der Waals surface area contributed by atoms with Gasteiger partial charge in [0.05, 0.1) is 6.10 Å². The summed E-state index contributed by atoms with van der Waals surface area (Å²) in [4.78, 5) is 0. The normalized spacial score (nSPS) is 20.1. The molecule has 0 aromatic heterocycles. The molecular weight excluding hydrogens is 126 g/mol. The molecule has 0 spiro atoms. The SMILES string of the molecule is CCC(O)C(CC)C(C)N. The van der Waals surface area contributed by atoms with E-state index in [-0.39, 0.29) is 18.1 Å². The predicted molar refractivity (Wildman–Crippen MR) is 43.7 cm³/mol. The van der Waals surface area contributed by atoms with Gasteiger partial charge in [-0.15, -0.1) is 0 Å². The Kier molecular flexibility index (Phi) is 4.65. The summed E-state index contributed by atoms with van der Waals surface area (Å²) in [7, 11) is 0. The number of rotatable bonds is 4. The van der Waals surface area contributed by atoms with Gasteiger partial charge >= 0.3 is 0 Å². The minimum Gasteiger partial charge on any atom is -0.393 e. The Hall–Kier alpha value is -0.0800. The second kappa shape index (κ2) is 4.69. The molecule has 2 heteroatoms. The van der Waals surface area contributed by atoms with E-state index in [2.05, 4.69) is 6.92 Å². The van der Waals surface area contributed by atoms with Crippen molar-refractivity contribution in [3.05, 3.63) is 0 Å². The number of hydrogen-bond donors (Lipinski definition) is 2. The molecule has 0 saturated carbocycles. The predicted octanol–water partition coefficient (Wildman–Crippen LogP) is 1.13. The molecule has 3 atom stereocenters. The Bertz CT molecular complexity index is 83.3. The number of hydrogen-bond acceptors (Lipinski definition) is 2. The molecule has 3 N–H and O–H groups in total. The molecule has 0 aliphatic carbocycles. The molecule has 3 unspecified atom stereocenters. The fraction of sp³-hybridized carbons (Fsp3) is 1.00. The van der Waals surface area contributed by atoms with Crippen LogP contribution in [0, 0.1) is 5.92 Å². The molecule has 0 amide bonds. The monoisotopic (exact) mass is 145 g/mol. The lowest BCUT2D eigenvalue weighted by Gasteiger charge is -2.23. The first kappa shape index (κ1) is 9.92. The van der Waals surface area contributed by atoms with Crippen LogP contribution in [0.15, 0.2) is 0 Å². The summed E-state index contributed by atoms with van der Waals surface area (Å²) in [5.74, 6) is 0.269. The van der Waals surface area contributed by atoms with E-state index in [1.54, 1.807) is 0 Å². The molecule has 0 radical (unpaired) electrons. The highest BCUT2D eigenvalue weighted by molar-refractivity contribution is 4.73. The van der Waals surface area contributed by atoms with E-state index in [1.165, 1.54) is 0 Å². The van der Waals surface area contributed by atoms with Gasteiger partial charge in [-0.25, -0.2) is 0 Å². The molecule has 0 saturated heterocycles. The highest BCUT2D eigenvalue weighted by atomic mass is 16.3. The van der Waals surface area contributed by atoms with Gasteiger partial charge in [-0.1, -0.05) is 13.8 Å². The fourth-order valence-electron chi connectivity index (χ4n) is 1.30. The van der Waals surface area contributed by atoms with E-state index < -0.39 is 0 Å². The van der Waals surface area contributed by atoms with Crippen molar-refractivity contribution in [2.45, 2.75) is 45.8 Å². The first-order valence-electron chi connectivity index (χ1n) is 4.07. The standard InChI is InChI=1S/C8H19NO/c1-4-7(6(3)9)8(10)5-2/h6-8,10H,4-5,9H2,1-3H3. The van der Waals surface area contributed by atoms with Crippen LogP contribution in [0.5, 0.6) is 0 Å². The molecule has 0 bridgehead atoms. The molecule has 10 heavy (non-hydrogen) atoms. The van der Waals surface area contributed by atoms with E-state index in [4.69, 9.17) is 5.73 Å². The third kappa shape index (κ3) is 2.67. The van der Waals surface area contributed by atoms with Gasteiger partial charge in [0, 0.05) is 6.04 Å². The topological polar surface area (TPSA) is 46.2 Å². The van der Waals surface area contributed by atoms with Crippen molar-refractivity contribution in [1.82, 2.24) is 0 Å². The largest absolute Gasteiger partial charge is 0.393 e. The Morgan fingerprint density at radius 2 is 1.80 bits per heavy atom. The first-order valence-corrected chi connectivity index (χ1v) is 4.07. The summed E-state index contributed by atoms with van der Waals surface area (Å²) in [6.07, 6.45) is 1.55. The van der Waals surface area contributed by atoms with Crippen molar-refractivity contribution < 1.29 is 5.11 Å². The van der Waals surface area contributed by atoms with Crippen LogP contribution in [-0.4, -0.2) is 17.3 Å². The molecule has 62 valence electrons. The molecule has 0 rings (SSSR count). The van der Waals surface area contributed by atoms with Gasteiger partial charge in [-0.2, -0.15) is 0 Å². The molecule has 0 fully saturated rings. The van der Waals surface area contributed by atoms with E-state index in [1.807, 2.05) is 13.8 Å². The highest BCUT2D eigenvalue weighted by Crippen LogP contribution is 2.14. The molecule has 0 heterocycles. The minimum atomic E-state index is -0.218. The van der Waals surface area contributed by atoms with Crippen molar-refractivity contribution in [3.63, 3.8) is 0 Å². The Morgan fingerprint density at radius 1 is 1.30 bits per heavy atom. The third-order valence-corrected chi connectivity index (χ3v) is 2.06. The maximum Gasteiger partial charge on any atom is 0.0580 e. The van der Waals surface area contributed by atoms with Gasteiger partial charge in [0.2, 0.25) is 0 Å². The van der Waals surface area contributed by atoms with Crippen LogP contribution in [0.4, 0.5) is 0 Å². The van der Waals surface area contributed by atoms with Crippen molar-refractivity contribution in [2.24, 2.45) is 11.7 Å². The lowest BCUT2D eigenvalue weighted by molar-refractivity contribution is 0.0897. The van der Waals surface area contributed by atoms with E-state index in [0.717, 1.165) is 12.8 Å². The zero-order valence-electron chi connectivity index (χ0n) is 7.17. The lowest BCUT2D eigenvalue weighted by atomic mass is 9.91. The van der Waals surface area contributed by atoms with Crippen molar-refractivity contribution in [1.29, 1.82) is 0 Å². The number of aliphatic hydroxyl groups is 1. The molecular formula is C8H19NO. The number of nitrogens with two attached hydrogens (primary N) is 1. The molecule has 0 aromatic rings. The van der Waals surface area contributed by atoms with E-state index >= 15 is 0 Å². The molecule has 0 aliphatic rings. The zero-order valence-corrected chi connectivity index (χ0v) is 7.17. The average Bonchev–Trinajstić information content (AvgIpc) is 1.88. The van der Waals surface area contributed by atoms with Gasteiger partial charge in [-0.3, -0.25) is 0 Å². The van der Waals surface area contributed by atoms with Crippen molar-refractivity contribution >= 4 is 0 Å². The lowest BCUT2D eigenvalue weighted by Crippen LogP contribution is -2.34. The Morgan fingerprint density at radius 3 is 1.90 bits per heavy atom. The quantitative estimate of drug-likeness (QED) is 0.623. The van der Waals surface area contributed by atoms with Crippen LogP contribution >= 0.6 is 0 Å². The van der Waals surface area contributed by atoms with Gasteiger partial charge in [0.1, 0.15) is 0 Å². The maximum absolute atomic E-state index is 9.41. The van der Waals surface area contributed by atoms with Crippen LogP contribution in [-0.2, 0) is 0 Å². The summed E-state index contributed by atoms with van der Waals surface area (Å²) in [6, 6.07) is 0.111. The summed E-state index contributed by atoms with van der Waals surface area (Å²) in [5.41, 5.74) is 5.66. The second-order valence-corrected chi connectivity index (χ2v) is 2.91. The smallest absolute Gasteiger partial charge is 0.0580 e. The van der Waals surface area contributed by atoms with Crippen LogP contribution < -0.4 is 5.73 Å². The third-order valence-electron chi connectivity index (χ3n) is 2.06. The maximum atomic E-state index is 9.41. The van der Waals surface area contributed by atoms with Gasteiger partial charge in [0.25, 0.3) is 0 Å². The van der Waals surface area contributed by atoms with Crippen LogP contribution in [0.25, 0.3) is 0 Å². The Balaban J connectivity index is 3.80. The Labute approximate surface area is 63.4 Å². The summed E-state index contributed by atoms with van der Waals surface area (Å²) < 4.78 is 0. The fourth-order valence-corrected chi connectivity index (χ4v) is 1.30. The first-order chi connectivity index (χ1) is 4.63. The summed E-state index contributed by atoms with van der Waals surface area (Å²) >= 11 is 0. The minimum absolute atomic E-state index is 0.111. The van der Waals surface area contributed by atoms with E-state index in [9.17, 15) is 5.11 Å². The van der Waals surface area contributed by atoms with Gasteiger partial charge in [0.15, 0.2) is 0 Å². The van der Waals surface area contributed by atoms with Crippen LogP contribution in [0.2, 0.25) is 0 Å². The molecule has 0 aromatic carbocycles. The highest BCUT2D eigenvalue weighted by Gasteiger charge is 2.18. The van der Waals surface area contributed by atoms with Crippen LogP contribution in [0.1, 0.15) is 33.6 Å². The number of aliphatic hydroxyl groups excluding tert-OH is 1. The van der Waals surface area contributed by atoms with Crippen molar-refractivity contribution in [2.75, 3.05) is 0 Å². The average molecular weight is 145 g/mol.